The Labute approximate surface area is 167 Å². The van der Waals surface area contributed by atoms with Gasteiger partial charge < -0.3 is 13.9 Å². The monoisotopic (exact) mass is 399 g/mol. The number of nitrogens with zero attached hydrogens (tertiary/aromatic N) is 1. The van der Waals surface area contributed by atoms with Crippen molar-refractivity contribution in [3.8, 4) is 28.9 Å². The van der Waals surface area contributed by atoms with Crippen LogP contribution in [0.5, 0.6) is 11.5 Å². The Morgan fingerprint density at radius 1 is 1.00 bits per heavy atom. The second-order valence-corrected chi connectivity index (χ2v) is 6.35. The molecule has 136 valence electrons. The second kappa shape index (κ2) is 8.22. The van der Waals surface area contributed by atoms with Gasteiger partial charge in [0, 0.05) is 0 Å². The molecule has 0 amide bonds. The summed E-state index contributed by atoms with van der Waals surface area (Å²) in [5.41, 5.74) is 1.72. The van der Waals surface area contributed by atoms with Gasteiger partial charge in [-0.15, -0.1) is 0 Å². The van der Waals surface area contributed by atoms with Gasteiger partial charge in [0.1, 0.15) is 11.5 Å². The van der Waals surface area contributed by atoms with E-state index in [0.29, 0.717) is 49.8 Å². The summed E-state index contributed by atoms with van der Waals surface area (Å²) in [4.78, 5) is 0. The number of rotatable bonds is 5. The number of ether oxygens (including phenoxy) is 2. The van der Waals surface area contributed by atoms with Gasteiger partial charge in [0.15, 0.2) is 11.5 Å². The maximum atomic E-state index is 9.57. The summed E-state index contributed by atoms with van der Waals surface area (Å²) in [6, 6.07) is 16.2. The molecular formula is C21H15Cl2NO3. The molecule has 0 unspecified atom stereocenters. The number of halogens is 2. The lowest BCUT2D eigenvalue weighted by molar-refractivity contribution is 0.355. The minimum absolute atomic E-state index is 0.419. The Bertz CT molecular complexity index is 1030. The van der Waals surface area contributed by atoms with E-state index >= 15 is 0 Å². The van der Waals surface area contributed by atoms with Crippen molar-refractivity contribution in [1.82, 2.24) is 0 Å². The minimum atomic E-state index is 0.419. The van der Waals surface area contributed by atoms with Crippen LogP contribution in [0.4, 0.5) is 0 Å². The van der Waals surface area contributed by atoms with Crippen molar-refractivity contribution < 1.29 is 13.9 Å². The summed E-state index contributed by atoms with van der Waals surface area (Å²) in [6.45, 7) is 0. The van der Waals surface area contributed by atoms with Crippen LogP contribution in [-0.4, -0.2) is 14.2 Å². The summed E-state index contributed by atoms with van der Waals surface area (Å²) >= 11 is 12.5. The molecule has 6 heteroatoms. The molecule has 4 nitrogen and oxygen atoms in total. The van der Waals surface area contributed by atoms with Crippen molar-refractivity contribution in [1.29, 1.82) is 5.26 Å². The first-order valence-electron chi connectivity index (χ1n) is 7.95. The van der Waals surface area contributed by atoms with Crippen LogP contribution in [-0.2, 0) is 0 Å². The standard InChI is InChI=1S/C21H15Cl2NO3/c1-25-18-8-6-13(11-20(18)26-2)14(12-24)10-15-7-9-19(27-15)21-16(22)4-3-5-17(21)23/h3-11H,1-2H3/b14-10+. The van der Waals surface area contributed by atoms with E-state index in [0.717, 1.165) is 0 Å². The Hall–Kier alpha value is -2.87. The Morgan fingerprint density at radius 3 is 2.33 bits per heavy atom. The molecule has 0 aliphatic rings. The molecule has 0 N–H and O–H groups in total. The summed E-state index contributed by atoms with van der Waals surface area (Å²) < 4.78 is 16.4. The fraction of sp³-hybridized carbons (Fsp3) is 0.0952. The lowest BCUT2D eigenvalue weighted by Crippen LogP contribution is -1.92. The highest BCUT2D eigenvalue weighted by molar-refractivity contribution is 6.39. The third kappa shape index (κ3) is 3.95. The Morgan fingerprint density at radius 2 is 1.70 bits per heavy atom. The molecule has 0 saturated heterocycles. The molecule has 27 heavy (non-hydrogen) atoms. The minimum Gasteiger partial charge on any atom is -0.493 e. The van der Waals surface area contributed by atoms with Crippen molar-refractivity contribution in [2.45, 2.75) is 0 Å². The van der Waals surface area contributed by atoms with Crippen molar-refractivity contribution in [3.63, 3.8) is 0 Å². The first-order valence-corrected chi connectivity index (χ1v) is 8.71. The largest absolute Gasteiger partial charge is 0.493 e. The van der Waals surface area contributed by atoms with Crippen LogP contribution in [0.15, 0.2) is 52.9 Å². The highest BCUT2D eigenvalue weighted by Crippen LogP contribution is 2.36. The van der Waals surface area contributed by atoms with E-state index in [1.807, 2.05) is 0 Å². The number of benzene rings is 2. The van der Waals surface area contributed by atoms with E-state index < -0.39 is 0 Å². The summed E-state index contributed by atoms with van der Waals surface area (Å²) in [7, 11) is 3.10. The highest BCUT2D eigenvalue weighted by Gasteiger charge is 2.13. The number of furan rings is 1. The molecule has 0 fully saturated rings. The van der Waals surface area contributed by atoms with Crippen molar-refractivity contribution >= 4 is 34.9 Å². The Balaban J connectivity index is 1.99. The molecule has 2 aromatic carbocycles. The van der Waals surface area contributed by atoms with Crippen molar-refractivity contribution in [2.24, 2.45) is 0 Å². The fourth-order valence-electron chi connectivity index (χ4n) is 2.62. The SMILES string of the molecule is COc1ccc(/C(C#N)=C/c2ccc(-c3c(Cl)cccc3Cl)o2)cc1OC. The first-order chi connectivity index (χ1) is 13.1. The molecule has 1 heterocycles. The number of hydrogen-bond acceptors (Lipinski definition) is 4. The van der Waals surface area contributed by atoms with Crippen LogP contribution in [0.3, 0.4) is 0 Å². The van der Waals surface area contributed by atoms with Crippen LogP contribution in [0.25, 0.3) is 23.0 Å². The molecule has 0 radical (unpaired) electrons. The summed E-state index contributed by atoms with van der Waals surface area (Å²) in [5, 5.41) is 10.6. The van der Waals surface area contributed by atoms with Crippen LogP contribution in [0.1, 0.15) is 11.3 Å². The van der Waals surface area contributed by atoms with Gasteiger partial charge in [-0.25, -0.2) is 0 Å². The molecule has 0 spiro atoms. The fourth-order valence-corrected chi connectivity index (χ4v) is 3.21. The average Bonchev–Trinajstić information content (AvgIpc) is 3.13. The normalized spacial score (nSPS) is 11.1. The van der Waals surface area contributed by atoms with Crippen LogP contribution >= 0.6 is 23.2 Å². The van der Waals surface area contributed by atoms with Gasteiger partial charge in [-0.1, -0.05) is 29.3 Å². The number of allylic oxidation sites excluding steroid dienone is 1. The van der Waals surface area contributed by atoms with E-state index in [9.17, 15) is 5.26 Å². The third-order valence-corrected chi connectivity index (χ3v) is 4.57. The quantitative estimate of drug-likeness (QED) is 0.470. The van der Waals surface area contributed by atoms with Gasteiger partial charge in [-0.3, -0.25) is 0 Å². The molecule has 0 saturated carbocycles. The predicted octanol–water partition coefficient (Wildman–Crippen LogP) is 6.33. The maximum absolute atomic E-state index is 9.57. The molecule has 3 rings (SSSR count). The van der Waals surface area contributed by atoms with Gasteiger partial charge in [0.25, 0.3) is 0 Å². The van der Waals surface area contributed by atoms with Gasteiger partial charge in [-0.05, 0) is 54.1 Å². The second-order valence-electron chi connectivity index (χ2n) is 5.54. The van der Waals surface area contributed by atoms with Crippen LogP contribution in [0, 0.1) is 11.3 Å². The summed E-state index contributed by atoms with van der Waals surface area (Å²) in [5.74, 6) is 2.17. The zero-order valence-electron chi connectivity index (χ0n) is 14.6. The van der Waals surface area contributed by atoms with Gasteiger partial charge in [0.05, 0.1) is 41.5 Å². The highest BCUT2D eigenvalue weighted by atomic mass is 35.5. The van der Waals surface area contributed by atoms with E-state index in [1.54, 1.807) is 68.8 Å². The Kier molecular flexibility index (Phi) is 5.75. The summed E-state index contributed by atoms with van der Waals surface area (Å²) in [6.07, 6.45) is 1.65. The molecule has 0 atom stereocenters. The lowest BCUT2D eigenvalue weighted by atomic mass is 10.1. The van der Waals surface area contributed by atoms with Crippen LogP contribution in [0.2, 0.25) is 10.0 Å². The lowest BCUT2D eigenvalue weighted by Gasteiger charge is -2.08. The van der Waals surface area contributed by atoms with E-state index in [-0.39, 0.29) is 0 Å². The van der Waals surface area contributed by atoms with E-state index in [4.69, 9.17) is 37.1 Å². The molecule has 0 aliphatic heterocycles. The third-order valence-electron chi connectivity index (χ3n) is 3.94. The van der Waals surface area contributed by atoms with Crippen LogP contribution < -0.4 is 9.47 Å². The molecule has 3 aromatic rings. The molecule has 1 aromatic heterocycles. The van der Waals surface area contributed by atoms with E-state index in [1.165, 1.54) is 0 Å². The molecule has 0 aliphatic carbocycles. The number of hydrogen-bond donors (Lipinski definition) is 0. The number of nitriles is 1. The first kappa shape index (κ1) is 18.9. The predicted molar refractivity (Wildman–Crippen MR) is 107 cm³/mol. The maximum Gasteiger partial charge on any atom is 0.161 e. The van der Waals surface area contributed by atoms with Gasteiger partial charge >= 0.3 is 0 Å². The molecular weight excluding hydrogens is 385 g/mol. The zero-order chi connectivity index (χ0) is 19.4. The van der Waals surface area contributed by atoms with Crippen molar-refractivity contribution in [3.05, 3.63) is 69.9 Å². The van der Waals surface area contributed by atoms with Gasteiger partial charge in [-0.2, -0.15) is 5.26 Å². The topological polar surface area (TPSA) is 55.4 Å². The smallest absolute Gasteiger partial charge is 0.161 e. The number of methoxy groups -OCH3 is 2. The van der Waals surface area contributed by atoms with E-state index in [2.05, 4.69) is 6.07 Å². The van der Waals surface area contributed by atoms with Crippen molar-refractivity contribution in [2.75, 3.05) is 14.2 Å². The molecule has 0 bridgehead atoms. The van der Waals surface area contributed by atoms with Gasteiger partial charge in [0.2, 0.25) is 0 Å². The zero-order valence-corrected chi connectivity index (χ0v) is 16.1. The average molecular weight is 400 g/mol.